The van der Waals surface area contributed by atoms with E-state index in [9.17, 15) is 0 Å². The SMILES string of the molecule is CCOc1c(Cl)cc(CNc2ccc(C)cc2C)cc1OC. The molecule has 0 spiro atoms. The highest BCUT2D eigenvalue weighted by atomic mass is 35.5. The van der Waals surface area contributed by atoms with Crippen molar-refractivity contribution < 1.29 is 9.47 Å². The molecule has 0 fully saturated rings. The summed E-state index contributed by atoms with van der Waals surface area (Å²) in [6.45, 7) is 7.34. The zero-order chi connectivity index (χ0) is 16.1. The molecule has 1 N–H and O–H groups in total. The van der Waals surface area contributed by atoms with E-state index in [0.717, 1.165) is 11.3 Å². The van der Waals surface area contributed by atoms with Crippen LogP contribution in [0.1, 0.15) is 23.6 Å². The van der Waals surface area contributed by atoms with Crippen molar-refractivity contribution in [2.24, 2.45) is 0 Å². The molecule has 0 radical (unpaired) electrons. The van der Waals surface area contributed by atoms with Gasteiger partial charge in [0.15, 0.2) is 11.5 Å². The van der Waals surface area contributed by atoms with Gasteiger partial charge >= 0.3 is 0 Å². The van der Waals surface area contributed by atoms with Crippen LogP contribution in [0.5, 0.6) is 11.5 Å². The van der Waals surface area contributed by atoms with Crippen LogP contribution < -0.4 is 14.8 Å². The number of anilines is 1. The lowest BCUT2D eigenvalue weighted by atomic mass is 10.1. The number of rotatable bonds is 6. The van der Waals surface area contributed by atoms with E-state index in [4.69, 9.17) is 21.1 Å². The molecule has 0 amide bonds. The van der Waals surface area contributed by atoms with Crippen molar-refractivity contribution >= 4 is 17.3 Å². The highest BCUT2D eigenvalue weighted by molar-refractivity contribution is 6.32. The summed E-state index contributed by atoms with van der Waals surface area (Å²) >= 11 is 6.29. The number of hydrogen-bond acceptors (Lipinski definition) is 3. The van der Waals surface area contributed by atoms with Crippen molar-refractivity contribution in [3.8, 4) is 11.5 Å². The topological polar surface area (TPSA) is 30.5 Å². The number of hydrogen-bond donors (Lipinski definition) is 1. The van der Waals surface area contributed by atoms with Gasteiger partial charge in [-0.2, -0.15) is 0 Å². The lowest BCUT2D eigenvalue weighted by Gasteiger charge is -2.15. The Hall–Kier alpha value is -1.87. The second-order valence-electron chi connectivity index (χ2n) is 5.21. The first kappa shape index (κ1) is 16.5. The minimum Gasteiger partial charge on any atom is -0.493 e. The van der Waals surface area contributed by atoms with Crippen LogP contribution in [0.4, 0.5) is 5.69 Å². The molecule has 2 rings (SSSR count). The molecule has 2 aromatic rings. The average molecular weight is 320 g/mol. The van der Waals surface area contributed by atoms with Gasteiger partial charge < -0.3 is 14.8 Å². The molecule has 0 bridgehead atoms. The number of halogens is 1. The Balaban J connectivity index is 2.17. The molecule has 118 valence electrons. The predicted molar refractivity (Wildman–Crippen MR) is 92.4 cm³/mol. The summed E-state index contributed by atoms with van der Waals surface area (Å²) in [5.41, 5.74) is 4.65. The minimum absolute atomic E-state index is 0.552. The van der Waals surface area contributed by atoms with E-state index < -0.39 is 0 Å². The molecule has 22 heavy (non-hydrogen) atoms. The summed E-state index contributed by atoms with van der Waals surface area (Å²) in [5.74, 6) is 1.26. The summed E-state index contributed by atoms with van der Waals surface area (Å²) in [5, 5.41) is 4.00. The number of benzene rings is 2. The second-order valence-corrected chi connectivity index (χ2v) is 5.62. The maximum Gasteiger partial charge on any atom is 0.179 e. The lowest BCUT2D eigenvalue weighted by molar-refractivity contribution is 0.311. The quantitative estimate of drug-likeness (QED) is 0.814. The normalized spacial score (nSPS) is 10.4. The fourth-order valence-corrected chi connectivity index (χ4v) is 2.66. The van der Waals surface area contributed by atoms with E-state index in [-0.39, 0.29) is 0 Å². The van der Waals surface area contributed by atoms with Gasteiger partial charge in [0.25, 0.3) is 0 Å². The second kappa shape index (κ2) is 7.41. The van der Waals surface area contributed by atoms with E-state index in [1.54, 1.807) is 7.11 Å². The van der Waals surface area contributed by atoms with Gasteiger partial charge in [-0.3, -0.25) is 0 Å². The summed E-state index contributed by atoms with van der Waals surface area (Å²) in [6, 6.07) is 10.2. The third-order valence-electron chi connectivity index (χ3n) is 3.44. The van der Waals surface area contributed by atoms with Crippen LogP contribution >= 0.6 is 11.6 Å². The van der Waals surface area contributed by atoms with Crippen molar-refractivity contribution in [1.82, 2.24) is 0 Å². The van der Waals surface area contributed by atoms with Gasteiger partial charge in [-0.15, -0.1) is 0 Å². The van der Waals surface area contributed by atoms with E-state index in [1.807, 2.05) is 19.1 Å². The molecular weight excluding hydrogens is 298 g/mol. The summed E-state index contributed by atoms with van der Waals surface area (Å²) in [4.78, 5) is 0. The lowest BCUT2D eigenvalue weighted by Crippen LogP contribution is -2.03. The van der Waals surface area contributed by atoms with Crippen molar-refractivity contribution in [3.05, 3.63) is 52.0 Å². The van der Waals surface area contributed by atoms with Crippen LogP contribution in [-0.4, -0.2) is 13.7 Å². The maximum absolute atomic E-state index is 6.29. The fraction of sp³-hybridized carbons (Fsp3) is 0.333. The standard InChI is InChI=1S/C18H22ClNO2/c1-5-22-18-15(19)9-14(10-17(18)21-4)11-20-16-7-6-12(2)8-13(16)3/h6-10,20H,5,11H2,1-4H3. The summed E-state index contributed by atoms with van der Waals surface area (Å²) in [6.07, 6.45) is 0. The molecule has 0 heterocycles. The van der Waals surface area contributed by atoms with Crippen LogP contribution in [0.3, 0.4) is 0 Å². The maximum atomic E-state index is 6.29. The van der Waals surface area contributed by atoms with E-state index in [2.05, 4.69) is 37.4 Å². The molecular formula is C18H22ClNO2. The van der Waals surface area contributed by atoms with Gasteiger partial charge in [-0.25, -0.2) is 0 Å². The average Bonchev–Trinajstić information content (AvgIpc) is 2.48. The molecule has 0 saturated carbocycles. The van der Waals surface area contributed by atoms with Crippen LogP contribution in [-0.2, 0) is 6.54 Å². The first-order valence-corrected chi connectivity index (χ1v) is 7.73. The van der Waals surface area contributed by atoms with E-state index in [0.29, 0.717) is 29.7 Å². The Morgan fingerprint density at radius 3 is 2.55 bits per heavy atom. The Bertz CT molecular complexity index is 656. The highest BCUT2D eigenvalue weighted by Crippen LogP contribution is 2.36. The van der Waals surface area contributed by atoms with Crippen LogP contribution in [0.2, 0.25) is 5.02 Å². The van der Waals surface area contributed by atoms with Gasteiger partial charge in [-0.05, 0) is 50.1 Å². The first-order chi connectivity index (χ1) is 10.5. The van der Waals surface area contributed by atoms with E-state index in [1.165, 1.54) is 11.1 Å². The molecule has 0 saturated heterocycles. The highest BCUT2D eigenvalue weighted by Gasteiger charge is 2.11. The zero-order valence-corrected chi connectivity index (χ0v) is 14.3. The van der Waals surface area contributed by atoms with E-state index >= 15 is 0 Å². The van der Waals surface area contributed by atoms with Crippen LogP contribution in [0.25, 0.3) is 0 Å². The van der Waals surface area contributed by atoms with Crippen LogP contribution in [0, 0.1) is 13.8 Å². The van der Waals surface area contributed by atoms with Gasteiger partial charge in [-0.1, -0.05) is 29.3 Å². The van der Waals surface area contributed by atoms with Gasteiger partial charge in [0.05, 0.1) is 18.7 Å². The van der Waals surface area contributed by atoms with Crippen molar-refractivity contribution in [1.29, 1.82) is 0 Å². The number of ether oxygens (including phenoxy) is 2. The van der Waals surface area contributed by atoms with Gasteiger partial charge in [0, 0.05) is 12.2 Å². The third kappa shape index (κ3) is 3.86. The molecule has 0 aliphatic rings. The Kier molecular flexibility index (Phi) is 5.56. The predicted octanol–water partition coefficient (Wildman–Crippen LogP) is 4.98. The first-order valence-electron chi connectivity index (χ1n) is 7.35. The molecule has 4 heteroatoms. The number of methoxy groups -OCH3 is 1. The van der Waals surface area contributed by atoms with Crippen molar-refractivity contribution in [2.75, 3.05) is 19.0 Å². The summed E-state index contributed by atoms with van der Waals surface area (Å²) < 4.78 is 10.9. The largest absolute Gasteiger partial charge is 0.493 e. The third-order valence-corrected chi connectivity index (χ3v) is 3.72. The zero-order valence-electron chi connectivity index (χ0n) is 13.5. The molecule has 2 aromatic carbocycles. The van der Waals surface area contributed by atoms with Crippen LogP contribution in [0.15, 0.2) is 30.3 Å². The number of nitrogens with one attached hydrogen (secondary N) is 1. The van der Waals surface area contributed by atoms with Crippen molar-refractivity contribution in [2.45, 2.75) is 27.3 Å². The molecule has 0 unspecified atom stereocenters. The smallest absolute Gasteiger partial charge is 0.179 e. The molecule has 0 aliphatic heterocycles. The fourth-order valence-electron chi connectivity index (χ4n) is 2.37. The molecule has 0 aromatic heterocycles. The van der Waals surface area contributed by atoms with Crippen molar-refractivity contribution in [3.63, 3.8) is 0 Å². The van der Waals surface area contributed by atoms with Gasteiger partial charge in [0.1, 0.15) is 0 Å². The summed E-state index contributed by atoms with van der Waals surface area (Å²) in [7, 11) is 1.62. The number of aryl methyl sites for hydroxylation is 2. The Morgan fingerprint density at radius 1 is 1.14 bits per heavy atom. The minimum atomic E-state index is 0.552. The Morgan fingerprint density at radius 2 is 1.91 bits per heavy atom. The van der Waals surface area contributed by atoms with Gasteiger partial charge in [0.2, 0.25) is 0 Å². The molecule has 0 aliphatic carbocycles. The monoisotopic (exact) mass is 319 g/mol. The molecule has 0 atom stereocenters. The molecule has 3 nitrogen and oxygen atoms in total. The Labute approximate surface area is 137 Å².